The molecule has 1 unspecified atom stereocenters. The Bertz CT molecular complexity index is 481. The van der Waals surface area contributed by atoms with E-state index in [-0.39, 0.29) is 29.4 Å². The first kappa shape index (κ1) is 15.5. The van der Waals surface area contributed by atoms with Crippen LogP contribution in [0.4, 0.5) is 4.39 Å². The summed E-state index contributed by atoms with van der Waals surface area (Å²) in [6.07, 6.45) is 0.0679. The standard InChI is InChI=1S/C12H15ClFNO4/c1-18-11-6(8(15)3-4-9(16)17)5-7(13)10(14)12(11)19-2/h5,8H,3-4,15H2,1-2H3,(H,16,17). The second-order valence-corrected chi connectivity index (χ2v) is 4.27. The summed E-state index contributed by atoms with van der Waals surface area (Å²) in [6, 6.07) is 0.683. The molecule has 7 heteroatoms. The molecular weight excluding hydrogens is 277 g/mol. The zero-order valence-corrected chi connectivity index (χ0v) is 11.3. The molecule has 3 N–H and O–H groups in total. The number of carboxylic acid groups (broad SMARTS) is 1. The number of nitrogens with two attached hydrogens (primary N) is 1. The van der Waals surface area contributed by atoms with Gasteiger partial charge in [0.15, 0.2) is 17.3 Å². The summed E-state index contributed by atoms with van der Waals surface area (Å²) < 4.78 is 23.7. The molecule has 0 aliphatic heterocycles. The first-order chi connectivity index (χ1) is 8.92. The van der Waals surface area contributed by atoms with E-state index in [9.17, 15) is 9.18 Å². The molecule has 0 aromatic heterocycles. The molecule has 0 saturated heterocycles. The summed E-state index contributed by atoms with van der Waals surface area (Å²) in [6.45, 7) is 0. The number of carboxylic acids is 1. The lowest BCUT2D eigenvalue weighted by molar-refractivity contribution is -0.137. The Kier molecular flexibility index (Phi) is 5.38. The Morgan fingerprint density at radius 3 is 2.53 bits per heavy atom. The van der Waals surface area contributed by atoms with E-state index in [1.165, 1.54) is 20.3 Å². The number of carbonyl (C=O) groups is 1. The van der Waals surface area contributed by atoms with Crippen LogP contribution < -0.4 is 15.2 Å². The molecule has 106 valence electrons. The molecular formula is C12H15ClFNO4. The van der Waals surface area contributed by atoms with Gasteiger partial charge in [0.05, 0.1) is 19.2 Å². The lowest BCUT2D eigenvalue weighted by Gasteiger charge is -2.18. The van der Waals surface area contributed by atoms with E-state index in [0.29, 0.717) is 5.56 Å². The van der Waals surface area contributed by atoms with Crippen LogP contribution in [-0.4, -0.2) is 25.3 Å². The van der Waals surface area contributed by atoms with Crippen LogP contribution in [0.1, 0.15) is 24.4 Å². The fourth-order valence-electron chi connectivity index (χ4n) is 1.71. The third-order valence-electron chi connectivity index (χ3n) is 2.64. The van der Waals surface area contributed by atoms with Gasteiger partial charge in [0, 0.05) is 18.0 Å². The van der Waals surface area contributed by atoms with Gasteiger partial charge in [-0.2, -0.15) is 0 Å². The minimum absolute atomic E-state index is 0.109. The second-order valence-electron chi connectivity index (χ2n) is 3.87. The Hall–Kier alpha value is -1.53. The van der Waals surface area contributed by atoms with Crippen LogP contribution in [0.2, 0.25) is 5.02 Å². The van der Waals surface area contributed by atoms with Crippen molar-refractivity contribution in [3.8, 4) is 11.5 Å². The zero-order chi connectivity index (χ0) is 14.6. The second kappa shape index (κ2) is 6.58. The van der Waals surface area contributed by atoms with Gasteiger partial charge in [-0.3, -0.25) is 4.79 Å². The van der Waals surface area contributed by atoms with Gasteiger partial charge >= 0.3 is 5.97 Å². The Balaban J connectivity index is 3.18. The summed E-state index contributed by atoms with van der Waals surface area (Å²) in [5, 5.41) is 8.48. The molecule has 19 heavy (non-hydrogen) atoms. The predicted molar refractivity (Wildman–Crippen MR) is 68.3 cm³/mol. The van der Waals surface area contributed by atoms with Crippen LogP contribution in [0.15, 0.2) is 6.07 Å². The highest BCUT2D eigenvalue weighted by Crippen LogP contribution is 2.41. The van der Waals surface area contributed by atoms with Gasteiger partial charge in [-0.1, -0.05) is 11.6 Å². The van der Waals surface area contributed by atoms with E-state index >= 15 is 0 Å². The van der Waals surface area contributed by atoms with E-state index in [1.807, 2.05) is 0 Å². The van der Waals surface area contributed by atoms with Crippen LogP contribution in [0, 0.1) is 5.82 Å². The maximum absolute atomic E-state index is 13.7. The monoisotopic (exact) mass is 291 g/mol. The summed E-state index contributed by atoms with van der Waals surface area (Å²) in [5.74, 6) is -1.72. The number of aliphatic carboxylic acids is 1. The maximum atomic E-state index is 13.7. The van der Waals surface area contributed by atoms with Crippen molar-refractivity contribution in [2.45, 2.75) is 18.9 Å². The van der Waals surface area contributed by atoms with Gasteiger partial charge < -0.3 is 20.3 Å². The fourth-order valence-corrected chi connectivity index (χ4v) is 1.91. The van der Waals surface area contributed by atoms with Crippen molar-refractivity contribution in [1.82, 2.24) is 0 Å². The number of hydrogen-bond donors (Lipinski definition) is 2. The molecule has 0 radical (unpaired) electrons. The average molecular weight is 292 g/mol. The van der Waals surface area contributed by atoms with E-state index in [0.717, 1.165) is 0 Å². The molecule has 0 spiro atoms. The van der Waals surface area contributed by atoms with Gasteiger partial charge in [-0.15, -0.1) is 0 Å². The molecule has 0 aliphatic carbocycles. The third-order valence-corrected chi connectivity index (χ3v) is 2.91. The number of hydrogen-bond acceptors (Lipinski definition) is 4. The number of methoxy groups -OCH3 is 2. The van der Waals surface area contributed by atoms with Gasteiger partial charge in [0.25, 0.3) is 0 Å². The molecule has 1 aromatic rings. The summed E-state index contributed by atoms with van der Waals surface area (Å²) in [7, 11) is 2.63. The molecule has 0 amide bonds. The van der Waals surface area contributed by atoms with Crippen molar-refractivity contribution in [3.05, 3.63) is 22.5 Å². The van der Waals surface area contributed by atoms with Crippen LogP contribution in [-0.2, 0) is 4.79 Å². The Labute approximate surface area is 115 Å². The van der Waals surface area contributed by atoms with Crippen molar-refractivity contribution in [2.75, 3.05) is 14.2 Å². The van der Waals surface area contributed by atoms with E-state index in [1.54, 1.807) is 0 Å². The van der Waals surface area contributed by atoms with Crippen LogP contribution in [0.25, 0.3) is 0 Å². The maximum Gasteiger partial charge on any atom is 0.303 e. The molecule has 0 heterocycles. The number of rotatable bonds is 6. The van der Waals surface area contributed by atoms with Crippen molar-refractivity contribution in [1.29, 1.82) is 0 Å². The molecule has 0 fully saturated rings. The van der Waals surface area contributed by atoms with Crippen molar-refractivity contribution >= 4 is 17.6 Å². The minimum Gasteiger partial charge on any atom is -0.492 e. The lowest BCUT2D eigenvalue weighted by Crippen LogP contribution is -2.14. The van der Waals surface area contributed by atoms with Gasteiger partial charge in [-0.25, -0.2) is 4.39 Å². The number of halogens is 2. The molecule has 1 rings (SSSR count). The molecule has 5 nitrogen and oxygen atoms in total. The molecule has 1 aromatic carbocycles. The first-order valence-corrected chi connectivity index (χ1v) is 5.87. The third kappa shape index (κ3) is 3.48. The highest BCUT2D eigenvalue weighted by atomic mass is 35.5. The van der Waals surface area contributed by atoms with Gasteiger partial charge in [0.1, 0.15) is 0 Å². The number of ether oxygens (including phenoxy) is 2. The minimum atomic E-state index is -0.963. The normalized spacial score (nSPS) is 12.1. The van der Waals surface area contributed by atoms with Crippen molar-refractivity contribution < 1.29 is 23.8 Å². The molecule has 0 saturated carbocycles. The van der Waals surface area contributed by atoms with E-state index in [4.69, 9.17) is 31.9 Å². The van der Waals surface area contributed by atoms with Gasteiger partial charge in [-0.05, 0) is 12.5 Å². The van der Waals surface area contributed by atoms with E-state index < -0.39 is 17.8 Å². The van der Waals surface area contributed by atoms with E-state index in [2.05, 4.69) is 0 Å². The fraction of sp³-hybridized carbons (Fsp3) is 0.417. The summed E-state index contributed by atoms with van der Waals surface area (Å²) in [5.41, 5.74) is 6.29. The highest BCUT2D eigenvalue weighted by Gasteiger charge is 2.23. The Morgan fingerprint density at radius 2 is 2.05 bits per heavy atom. The highest BCUT2D eigenvalue weighted by molar-refractivity contribution is 6.31. The van der Waals surface area contributed by atoms with Crippen molar-refractivity contribution in [3.63, 3.8) is 0 Å². The number of benzene rings is 1. The summed E-state index contributed by atoms with van der Waals surface area (Å²) >= 11 is 5.75. The predicted octanol–water partition coefficient (Wildman–Crippen LogP) is 2.36. The zero-order valence-electron chi connectivity index (χ0n) is 10.6. The smallest absolute Gasteiger partial charge is 0.303 e. The SMILES string of the molecule is COc1c(C(N)CCC(=O)O)cc(Cl)c(F)c1OC. The average Bonchev–Trinajstić information content (AvgIpc) is 2.38. The van der Waals surface area contributed by atoms with Crippen LogP contribution >= 0.6 is 11.6 Å². The lowest BCUT2D eigenvalue weighted by atomic mass is 10.0. The van der Waals surface area contributed by atoms with Gasteiger partial charge in [0.2, 0.25) is 0 Å². The molecule has 1 atom stereocenters. The Morgan fingerprint density at radius 1 is 1.47 bits per heavy atom. The topological polar surface area (TPSA) is 81.8 Å². The van der Waals surface area contributed by atoms with Crippen LogP contribution in [0.5, 0.6) is 11.5 Å². The largest absolute Gasteiger partial charge is 0.492 e. The summed E-state index contributed by atoms with van der Waals surface area (Å²) in [4.78, 5) is 10.5. The quantitative estimate of drug-likeness (QED) is 0.841. The van der Waals surface area contributed by atoms with Crippen molar-refractivity contribution in [2.24, 2.45) is 5.73 Å². The molecule has 0 aliphatic rings. The first-order valence-electron chi connectivity index (χ1n) is 5.49. The van der Waals surface area contributed by atoms with Crippen LogP contribution in [0.3, 0.4) is 0 Å². The molecule has 0 bridgehead atoms.